The fourth-order valence-electron chi connectivity index (χ4n) is 2.15. The zero-order valence-electron chi connectivity index (χ0n) is 10.8. The number of carbonyl (C=O) groups excluding carboxylic acids is 1. The van der Waals surface area contributed by atoms with Crippen molar-refractivity contribution in [3.63, 3.8) is 0 Å². The Labute approximate surface area is 114 Å². The topological polar surface area (TPSA) is 81.4 Å². The molecule has 100 valence electrons. The van der Waals surface area contributed by atoms with Crippen molar-refractivity contribution < 1.29 is 19.0 Å². The summed E-state index contributed by atoms with van der Waals surface area (Å²) in [6.07, 6.45) is 0. The van der Waals surface area contributed by atoms with Gasteiger partial charge in [-0.25, -0.2) is 0 Å². The van der Waals surface area contributed by atoms with Crippen LogP contribution in [-0.4, -0.2) is 16.9 Å². The van der Waals surface area contributed by atoms with Crippen molar-refractivity contribution in [1.82, 2.24) is 4.98 Å². The van der Waals surface area contributed by atoms with Crippen LogP contribution in [0.5, 0.6) is 11.6 Å². The first kappa shape index (κ1) is 12.2. The van der Waals surface area contributed by atoms with Crippen LogP contribution in [0.1, 0.15) is 19.5 Å². The van der Waals surface area contributed by atoms with E-state index in [1.165, 1.54) is 13.8 Å². The number of carbonyl (C=O) groups is 1. The lowest BCUT2D eigenvalue weighted by Gasteiger charge is -2.20. The molecular weight excluding hydrogens is 260 g/mol. The third-order valence-electron chi connectivity index (χ3n) is 2.84. The number of pyridine rings is 1. The first-order valence-electron chi connectivity index (χ1n) is 5.93. The summed E-state index contributed by atoms with van der Waals surface area (Å²) in [7, 11) is 0. The maximum atomic E-state index is 11.1. The Kier molecular flexibility index (Phi) is 2.51. The van der Waals surface area contributed by atoms with Gasteiger partial charge in [0.05, 0.1) is 6.92 Å². The highest BCUT2D eigenvalue weighted by Gasteiger charge is 2.43. The normalized spacial score (nSPS) is 19.6. The van der Waals surface area contributed by atoms with Gasteiger partial charge in [-0.2, -0.15) is 10.2 Å². The van der Waals surface area contributed by atoms with Crippen LogP contribution in [0.15, 0.2) is 24.3 Å². The van der Waals surface area contributed by atoms with Crippen LogP contribution in [0.4, 0.5) is 0 Å². The molecule has 1 aromatic heterocycles. The maximum Gasteiger partial charge on any atom is 0.417 e. The number of benzene rings is 1. The minimum absolute atomic E-state index is 0.143. The fourth-order valence-corrected chi connectivity index (χ4v) is 2.15. The highest BCUT2D eigenvalue weighted by molar-refractivity contribution is 5.93. The number of nitrogens with zero attached hydrogens (tertiary/aromatic N) is 2. The molecule has 1 atom stereocenters. The van der Waals surface area contributed by atoms with E-state index >= 15 is 0 Å². The molecule has 1 aromatic carbocycles. The largest absolute Gasteiger partial charge is 0.417 e. The van der Waals surface area contributed by atoms with Crippen molar-refractivity contribution >= 4 is 16.7 Å². The lowest BCUT2D eigenvalue weighted by atomic mass is 10.1. The quantitative estimate of drug-likeness (QED) is 0.738. The SMILES string of the molecule is CC(=O)OC1(C)Oc2nc(C#N)c3ccccc3c2O1. The molecule has 0 bridgehead atoms. The van der Waals surface area contributed by atoms with Crippen molar-refractivity contribution in [2.24, 2.45) is 0 Å². The smallest absolute Gasteiger partial charge is 0.414 e. The molecular formula is C14H10N2O4. The van der Waals surface area contributed by atoms with Crippen LogP contribution in [0.3, 0.4) is 0 Å². The summed E-state index contributed by atoms with van der Waals surface area (Å²) < 4.78 is 16.0. The third-order valence-corrected chi connectivity index (χ3v) is 2.84. The summed E-state index contributed by atoms with van der Waals surface area (Å²) in [4.78, 5) is 15.2. The van der Waals surface area contributed by atoms with Gasteiger partial charge >= 0.3 is 11.9 Å². The molecule has 0 saturated carbocycles. The van der Waals surface area contributed by atoms with E-state index in [4.69, 9.17) is 19.5 Å². The van der Waals surface area contributed by atoms with Gasteiger partial charge in [-0.15, -0.1) is 0 Å². The molecule has 0 radical (unpaired) electrons. The van der Waals surface area contributed by atoms with Gasteiger partial charge in [0, 0.05) is 17.7 Å². The fraction of sp³-hybridized carbons (Fsp3) is 0.214. The summed E-state index contributed by atoms with van der Waals surface area (Å²) in [5.41, 5.74) is 0.232. The molecule has 0 spiro atoms. The highest BCUT2D eigenvalue weighted by atomic mass is 16.9. The van der Waals surface area contributed by atoms with Crippen LogP contribution in [0.25, 0.3) is 10.8 Å². The van der Waals surface area contributed by atoms with Gasteiger partial charge in [-0.1, -0.05) is 24.3 Å². The van der Waals surface area contributed by atoms with Crippen LogP contribution >= 0.6 is 0 Å². The van der Waals surface area contributed by atoms with Crippen LogP contribution in [0, 0.1) is 11.3 Å². The number of rotatable bonds is 1. The van der Waals surface area contributed by atoms with Crippen molar-refractivity contribution in [3.8, 4) is 17.7 Å². The highest BCUT2D eigenvalue weighted by Crippen LogP contribution is 2.44. The van der Waals surface area contributed by atoms with Gasteiger partial charge in [-0.05, 0) is 0 Å². The predicted molar refractivity (Wildman–Crippen MR) is 67.9 cm³/mol. The molecule has 1 aliphatic rings. The Morgan fingerprint density at radius 1 is 1.35 bits per heavy atom. The molecule has 3 rings (SSSR count). The second-order valence-corrected chi connectivity index (χ2v) is 4.41. The lowest BCUT2D eigenvalue weighted by Crippen LogP contribution is -2.39. The number of aromatic nitrogens is 1. The Hall–Kier alpha value is -2.81. The van der Waals surface area contributed by atoms with Crippen LogP contribution < -0.4 is 9.47 Å². The molecule has 1 aliphatic heterocycles. The van der Waals surface area contributed by atoms with E-state index in [0.29, 0.717) is 16.5 Å². The Balaban J connectivity index is 2.17. The van der Waals surface area contributed by atoms with E-state index < -0.39 is 11.9 Å². The van der Waals surface area contributed by atoms with E-state index in [-0.39, 0.29) is 11.6 Å². The second kappa shape index (κ2) is 4.10. The van der Waals surface area contributed by atoms with Gasteiger partial charge < -0.3 is 14.2 Å². The van der Waals surface area contributed by atoms with Gasteiger partial charge in [0.15, 0.2) is 11.4 Å². The number of ether oxygens (including phenoxy) is 3. The molecule has 6 heteroatoms. The van der Waals surface area contributed by atoms with Crippen LogP contribution in [-0.2, 0) is 9.53 Å². The molecule has 0 amide bonds. The number of fused-ring (bicyclic) bond motifs is 3. The van der Waals surface area contributed by atoms with E-state index in [9.17, 15) is 4.79 Å². The zero-order valence-corrected chi connectivity index (χ0v) is 10.8. The van der Waals surface area contributed by atoms with Gasteiger partial charge in [0.1, 0.15) is 6.07 Å². The standard InChI is InChI=1S/C14H10N2O4/c1-8(17)18-14(2)19-12-10-6-4-3-5-9(10)11(7-15)16-13(12)20-14/h3-6H,1-2H3. The molecule has 0 N–H and O–H groups in total. The number of hydrogen-bond acceptors (Lipinski definition) is 6. The number of esters is 1. The first-order valence-corrected chi connectivity index (χ1v) is 5.93. The molecule has 1 unspecified atom stereocenters. The second-order valence-electron chi connectivity index (χ2n) is 4.41. The van der Waals surface area contributed by atoms with Gasteiger partial charge in [-0.3, -0.25) is 4.79 Å². The molecule has 0 aliphatic carbocycles. The van der Waals surface area contributed by atoms with Crippen molar-refractivity contribution in [2.75, 3.05) is 0 Å². The molecule has 0 fully saturated rings. The summed E-state index contributed by atoms with van der Waals surface area (Å²) >= 11 is 0. The van der Waals surface area contributed by atoms with Crippen LogP contribution in [0.2, 0.25) is 0 Å². The molecule has 2 aromatic rings. The molecule has 2 heterocycles. The average molecular weight is 270 g/mol. The summed E-state index contributed by atoms with van der Waals surface area (Å²) in [5.74, 6) is -1.59. The van der Waals surface area contributed by atoms with Crippen molar-refractivity contribution in [2.45, 2.75) is 19.8 Å². The van der Waals surface area contributed by atoms with E-state index in [0.717, 1.165) is 0 Å². The van der Waals surface area contributed by atoms with E-state index in [1.54, 1.807) is 18.2 Å². The Bertz CT molecular complexity index is 766. The number of hydrogen-bond donors (Lipinski definition) is 0. The maximum absolute atomic E-state index is 11.1. The summed E-state index contributed by atoms with van der Waals surface area (Å²) in [6.45, 7) is 2.73. The first-order chi connectivity index (χ1) is 9.52. The van der Waals surface area contributed by atoms with Gasteiger partial charge in [0.2, 0.25) is 0 Å². The summed E-state index contributed by atoms with van der Waals surface area (Å²) in [6, 6.07) is 9.19. The lowest BCUT2D eigenvalue weighted by molar-refractivity contribution is -0.255. The zero-order chi connectivity index (χ0) is 14.3. The van der Waals surface area contributed by atoms with E-state index in [1.807, 2.05) is 12.1 Å². The Morgan fingerprint density at radius 3 is 2.70 bits per heavy atom. The monoisotopic (exact) mass is 270 g/mol. The third kappa shape index (κ3) is 1.80. The average Bonchev–Trinajstić information content (AvgIpc) is 2.73. The number of nitriles is 1. The minimum atomic E-state index is -1.56. The van der Waals surface area contributed by atoms with Crippen molar-refractivity contribution in [1.29, 1.82) is 5.26 Å². The molecule has 6 nitrogen and oxygen atoms in total. The molecule has 0 saturated heterocycles. The molecule has 20 heavy (non-hydrogen) atoms. The predicted octanol–water partition coefficient (Wildman–Crippen LogP) is 2.11. The Morgan fingerprint density at radius 2 is 2.05 bits per heavy atom. The minimum Gasteiger partial charge on any atom is -0.414 e. The summed E-state index contributed by atoms with van der Waals surface area (Å²) in [5, 5.41) is 10.5. The van der Waals surface area contributed by atoms with E-state index in [2.05, 4.69) is 4.98 Å². The van der Waals surface area contributed by atoms with Crippen molar-refractivity contribution in [3.05, 3.63) is 30.0 Å². The van der Waals surface area contributed by atoms with Gasteiger partial charge in [0.25, 0.3) is 5.88 Å².